The molecule has 10 heteroatoms. The van der Waals surface area contributed by atoms with Gasteiger partial charge in [0.1, 0.15) is 17.3 Å². The maximum absolute atomic E-state index is 11.8. The summed E-state index contributed by atoms with van der Waals surface area (Å²) in [5.74, 6) is 0.540. The molecule has 0 radical (unpaired) electrons. The number of carboxylic acid groups (broad SMARTS) is 1. The number of nitrogens with zero attached hydrogens (tertiary/aromatic N) is 3. The van der Waals surface area contributed by atoms with Crippen LogP contribution in [-0.2, 0) is 16.0 Å². The Kier molecular flexibility index (Phi) is 8.66. The van der Waals surface area contributed by atoms with Crippen molar-refractivity contribution in [3.05, 3.63) is 60.3 Å². The Balaban J connectivity index is 1.67. The highest BCUT2D eigenvalue weighted by Gasteiger charge is 2.09. The van der Waals surface area contributed by atoms with Gasteiger partial charge in [-0.05, 0) is 36.2 Å². The van der Waals surface area contributed by atoms with E-state index < -0.39 is 5.97 Å². The Hall–Kier alpha value is -4.05. The van der Waals surface area contributed by atoms with E-state index in [4.69, 9.17) is 10.8 Å². The lowest BCUT2D eigenvalue weighted by Crippen LogP contribution is -2.16. The standard InChI is InChI=1S/C23H27N7O3/c24-10-7-21(31)28-17-5-3-4-16(14-17)8-12-26-19-15-20(27-13-9-22(32)33)30-23(29-19)18-6-1-2-11-25-18/h1-6,11,14-15H,7-10,12-13,24H2,(H,28,31)(H,32,33)(H2,26,27,29,30). The van der Waals surface area contributed by atoms with E-state index in [1.54, 1.807) is 12.3 Å². The molecule has 3 rings (SSSR count). The number of hydrogen-bond donors (Lipinski definition) is 5. The van der Waals surface area contributed by atoms with E-state index in [1.165, 1.54) is 0 Å². The van der Waals surface area contributed by atoms with E-state index in [1.807, 2.05) is 42.5 Å². The van der Waals surface area contributed by atoms with Crippen molar-refractivity contribution in [1.82, 2.24) is 15.0 Å². The number of amides is 1. The Morgan fingerprint density at radius 2 is 1.73 bits per heavy atom. The predicted molar refractivity (Wildman–Crippen MR) is 127 cm³/mol. The number of carbonyl (C=O) groups is 2. The number of hydrogen-bond acceptors (Lipinski definition) is 8. The molecule has 0 aliphatic heterocycles. The van der Waals surface area contributed by atoms with Gasteiger partial charge in [0, 0.05) is 44.0 Å². The van der Waals surface area contributed by atoms with Crippen molar-refractivity contribution in [2.75, 3.05) is 35.6 Å². The van der Waals surface area contributed by atoms with Crippen LogP contribution in [-0.4, -0.2) is 51.6 Å². The first-order valence-corrected chi connectivity index (χ1v) is 10.6. The van der Waals surface area contributed by atoms with E-state index in [9.17, 15) is 9.59 Å². The molecule has 172 valence electrons. The molecule has 2 heterocycles. The first kappa shape index (κ1) is 23.6. The minimum absolute atomic E-state index is 0.0240. The van der Waals surface area contributed by atoms with Crippen molar-refractivity contribution in [3.8, 4) is 11.5 Å². The van der Waals surface area contributed by atoms with Gasteiger partial charge in [0.05, 0.1) is 6.42 Å². The number of anilines is 3. The van der Waals surface area contributed by atoms with E-state index in [-0.39, 0.29) is 25.3 Å². The Bertz CT molecular complexity index is 1080. The zero-order chi connectivity index (χ0) is 23.5. The van der Waals surface area contributed by atoms with Crippen molar-refractivity contribution in [1.29, 1.82) is 0 Å². The molecule has 6 N–H and O–H groups in total. The largest absolute Gasteiger partial charge is 0.481 e. The fraction of sp³-hybridized carbons (Fsp3) is 0.261. The summed E-state index contributed by atoms with van der Waals surface area (Å²) in [6.07, 6.45) is 2.62. The number of benzene rings is 1. The Morgan fingerprint density at radius 1 is 0.939 bits per heavy atom. The first-order chi connectivity index (χ1) is 16.0. The van der Waals surface area contributed by atoms with Crippen LogP contribution in [0.3, 0.4) is 0 Å². The number of pyridine rings is 1. The summed E-state index contributed by atoms with van der Waals surface area (Å²) in [6, 6.07) is 14.8. The third-order valence-corrected chi connectivity index (χ3v) is 4.57. The highest BCUT2D eigenvalue weighted by atomic mass is 16.4. The summed E-state index contributed by atoms with van der Waals surface area (Å²) in [7, 11) is 0. The van der Waals surface area contributed by atoms with Crippen LogP contribution >= 0.6 is 0 Å². The van der Waals surface area contributed by atoms with Gasteiger partial charge in [0.15, 0.2) is 5.82 Å². The second kappa shape index (κ2) is 12.1. The number of nitrogens with two attached hydrogens (primary N) is 1. The molecule has 0 fully saturated rings. The molecular weight excluding hydrogens is 422 g/mol. The fourth-order valence-corrected chi connectivity index (χ4v) is 3.03. The van der Waals surface area contributed by atoms with Crippen LogP contribution in [0, 0.1) is 0 Å². The summed E-state index contributed by atoms with van der Waals surface area (Å²) in [6.45, 7) is 1.14. The molecular formula is C23H27N7O3. The zero-order valence-corrected chi connectivity index (χ0v) is 18.1. The molecule has 2 aromatic heterocycles. The fourth-order valence-electron chi connectivity index (χ4n) is 3.03. The van der Waals surface area contributed by atoms with Crippen LogP contribution in [0.4, 0.5) is 17.3 Å². The maximum Gasteiger partial charge on any atom is 0.305 e. The molecule has 0 saturated heterocycles. The van der Waals surface area contributed by atoms with E-state index >= 15 is 0 Å². The summed E-state index contributed by atoms with van der Waals surface area (Å²) in [4.78, 5) is 35.9. The second-order valence-corrected chi connectivity index (χ2v) is 7.21. The smallest absolute Gasteiger partial charge is 0.305 e. The average Bonchev–Trinajstić information content (AvgIpc) is 2.80. The number of nitrogens with one attached hydrogen (secondary N) is 3. The van der Waals surface area contributed by atoms with Gasteiger partial charge in [0.25, 0.3) is 0 Å². The third-order valence-electron chi connectivity index (χ3n) is 4.57. The summed E-state index contributed by atoms with van der Waals surface area (Å²) >= 11 is 0. The molecule has 1 aromatic carbocycles. The van der Waals surface area contributed by atoms with Crippen molar-refractivity contribution >= 4 is 29.2 Å². The lowest BCUT2D eigenvalue weighted by atomic mass is 10.1. The molecule has 0 spiro atoms. The maximum atomic E-state index is 11.8. The van der Waals surface area contributed by atoms with Crippen LogP contribution in [0.5, 0.6) is 0 Å². The van der Waals surface area contributed by atoms with Gasteiger partial charge in [0.2, 0.25) is 5.91 Å². The van der Waals surface area contributed by atoms with Gasteiger partial charge in [-0.3, -0.25) is 14.6 Å². The van der Waals surface area contributed by atoms with Gasteiger partial charge in [-0.1, -0.05) is 18.2 Å². The minimum Gasteiger partial charge on any atom is -0.481 e. The molecule has 10 nitrogen and oxygen atoms in total. The molecule has 0 atom stereocenters. The average molecular weight is 450 g/mol. The molecule has 0 saturated carbocycles. The number of aliphatic carboxylic acids is 1. The normalized spacial score (nSPS) is 10.5. The predicted octanol–water partition coefficient (Wildman–Crippen LogP) is 2.37. The summed E-state index contributed by atoms with van der Waals surface area (Å²) < 4.78 is 0. The quantitative estimate of drug-likeness (QED) is 0.280. The van der Waals surface area contributed by atoms with Gasteiger partial charge >= 0.3 is 5.97 Å². The Morgan fingerprint density at radius 3 is 2.42 bits per heavy atom. The minimum atomic E-state index is -0.888. The highest BCUT2D eigenvalue weighted by Crippen LogP contribution is 2.19. The lowest BCUT2D eigenvalue weighted by molar-refractivity contribution is -0.136. The lowest BCUT2D eigenvalue weighted by Gasteiger charge is -2.11. The van der Waals surface area contributed by atoms with E-state index in [0.717, 1.165) is 11.3 Å². The second-order valence-electron chi connectivity index (χ2n) is 7.21. The summed E-state index contributed by atoms with van der Waals surface area (Å²) in [5.41, 5.74) is 7.81. The highest BCUT2D eigenvalue weighted by molar-refractivity contribution is 5.90. The molecule has 0 bridgehead atoms. The summed E-state index contributed by atoms with van der Waals surface area (Å²) in [5, 5.41) is 18.0. The number of carbonyl (C=O) groups excluding carboxylic acids is 1. The first-order valence-electron chi connectivity index (χ1n) is 10.6. The van der Waals surface area contributed by atoms with Gasteiger partial charge in [-0.2, -0.15) is 0 Å². The van der Waals surface area contributed by atoms with E-state index in [0.29, 0.717) is 42.7 Å². The molecule has 0 unspecified atom stereocenters. The van der Waals surface area contributed by atoms with Crippen LogP contribution in [0.15, 0.2) is 54.7 Å². The molecule has 33 heavy (non-hydrogen) atoms. The molecule has 1 amide bonds. The monoisotopic (exact) mass is 449 g/mol. The number of rotatable bonds is 12. The molecule has 3 aromatic rings. The van der Waals surface area contributed by atoms with Gasteiger partial charge < -0.3 is 26.8 Å². The molecule has 0 aliphatic carbocycles. The van der Waals surface area contributed by atoms with Crippen molar-refractivity contribution in [3.63, 3.8) is 0 Å². The SMILES string of the molecule is NCCC(=O)Nc1cccc(CCNc2cc(NCCC(=O)O)nc(-c3ccccn3)n2)c1. The topological polar surface area (TPSA) is 155 Å². The van der Waals surface area contributed by atoms with E-state index in [2.05, 4.69) is 30.9 Å². The van der Waals surface area contributed by atoms with Gasteiger partial charge in [-0.25, -0.2) is 9.97 Å². The third kappa shape index (κ3) is 7.86. The Labute approximate surface area is 191 Å². The van der Waals surface area contributed by atoms with Crippen LogP contribution < -0.4 is 21.7 Å². The van der Waals surface area contributed by atoms with Crippen LogP contribution in [0.1, 0.15) is 18.4 Å². The van der Waals surface area contributed by atoms with Crippen LogP contribution in [0.25, 0.3) is 11.5 Å². The molecule has 0 aliphatic rings. The van der Waals surface area contributed by atoms with Gasteiger partial charge in [-0.15, -0.1) is 0 Å². The van der Waals surface area contributed by atoms with Crippen molar-refractivity contribution < 1.29 is 14.7 Å². The van der Waals surface area contributed by atoms with Crippen molar-refractivity contribution in [2.24, 2.45) is 5.73 Å². The van der Waals surface area contributed by atoms with Crippen molar-refractivity contribution in [2.45, 2.75) is 19.3 Å². The number of aromatic nitrogens is 3. The van der Waals surface area contributed by atoms with Crippen LogP contribution in [0.2, 0.25) is 0 Å². The number of carboxylic acids is 1. The zero-order valence-electron chi connectivity index (χ0n) is 18.1.